The number of ether oxygens (including phenoxy) is 1. The molecule has 0 fully saturated rings. The second-order valence-electron chi connectivity index (χ2n) is 6.35. The molecule has 8 heteroatoms. The number of hydrogen-bond donors (Lipinski definition) is 1. The standard InChI is InChI=1S/C16H22N2O6/c1-16(2,3)12-6-5-11(9-13(12)18(22)23)15(21)17(7-8-24-4)10-14(19)20/h5-6,9H,7-8,10H2,1-4H3,(H,19,20). The Bertz CT molecular complexity index is 636. The van der Waals surface area contributed by atoms with Crippen LogP contribution >= 0.6 is 0 Å². The van der Waals surface area contributed by atoms with E-state index >= 15 is 0 Å². The van der Waals surface area contributed by atoms with Gasteiger partial charge in [-0.05, 0) is 11.5 Å². The number of carboxylic acid groups (broad SMARTS) is 1. The van der Waals surface area contributed by atoms with Gasteiger partial charge in [-0.1, -0.05) is 26.8 Å². The van der Waals surface area contributed by atoms with E-state index < -0.39 is 28.8 Å². The van der Waals surface area contributed by atoms with Crippen molar-refractivity contribution in [1.29, 1.82) is 0 Å². The van der Waals surface area contributed by atoms with Crippen molar-refractivity contribution in [3.63, 3.8) is 0 Å². The van der Waals surface area contributed by atoms with E-state index in [1.807, 2.05) is 20.8 Å². The maximum absolute atomic E-state index is 12.5. The molecule has 0 aromatic heterocycles. The highest BCUT2D eigenvalue weighted by atomic mass is 16.6. The molecule has 1 aromatic carbocycles. The number of rotatable bonds is 7. The van der Waals surface area contributed by atoms with Crippen molar-refractivity contribution in [2.75, 3.05) is 26.8 Å². The molecule has 0 unspecified atom stereocenters. The van der Waals surface area contributed by atoms with Crippen LogP contribution in [0.3, 0.4) is 0 Å². The Morgan fingerprint density at radius 1 is 1.33 bits per heavy atom. The van der Waals surface area contributed by atoms with E-state index in [1.54, 1.807) is 6.07 Å². The number of amides is 1. The summed E-state index contributed by atoms with van der Waals surface area (Å²) in [6.07, 6.45) is 0. The molecule has 0 atom stereocenters. The minimum absolute atomic E-state index is 0.0760. The van der Waals surface area contributed by atoms with Crippen LogP contribution in [0.1, 0.15) is 36.7 Å². The number of hydrogen-bond acceptors (Lipinski definition) is 5. The van der Waals surface area contributed by atoms with Gasteiger partial charge in [0.15, 0.2) is 0 Å². The van der Waals surface area contributed by atoms with Crippen LogP contribution in [-0.4, -0.2) is 53.6 Å². The molecule has 0 aliphatic carbocycles. The summed E-state index contributed by atoms with van der Waals surface area (Å²) < 4.78 is 4.87. The van der Waals surface area contributed by atoms with Crippen molar-refractivity contribution in [3.05, 3.63) is 39.4 Å². The summed E-state index contributed by atoms with van der Waals surface area (Å²) in [5.41, 5.74) is -0.0333. The van der Waals surface area contributed by atoms with E-state index in [9.17, 15) is 19.7 Å². The molecular weight excluding hydrogens is 316 g/mol. The van der Waals surface area contributed by atoms with Crippen LogP contribution in [0.4, 0.5) is 5.69 Å². The van der Waals surface area contributed by atoms with Crippen LogP contribution in [0.25, 0.3) is 0 Å². The average molecular weight is 338 g/mol. The predicted molar refractivity (Wildman–Crippen MR) is 87.2 cm³/mol. The molecule has 0 aliphatic rings. The predicted octanol–water partition coefficient (Wildman–Crippen LogP) is 2.07. The zero-order valence-electron chi connectivity index (χ0n) is 14.2. The minimum atomic E-state index is -1.17. The highest BCUT2D eigenvalue weighted by molar-refractivity contribution is 5.96. The third-order valence-corrected chi connectivity index (χ3v) is 3.43. The second-order valence-corrected chi connectivity index (χ2v) is 6.35. The largest absolute Gasteiger partial charge is 0.480 e. The molecule has 132 valence electrons. The minimum Gasteiger partial charge on any atom is -0.480 e. The molecule has 0 spiro atoms. The first kappa shape index (κ1) is 19.6. The molecule has 1 rings (SSSR count). The number of nitro groups is 1. The fraction of sp³-hybridized carbons (Fsp3) is 0.500. The summed E-state index contributed by atoms with van der Waals surface area (Å²) in [4.78, 5) is 35.3. The molecule has 0 heterocycles. The Morgan fingerprint density at radius 3 is 2.42 bits per heavy atom. The monoisotopic (exact) mass is 338 g/mol. The first-order valence-corrected chi connectivity index (χ1v) is 7.37. The molecule has 0 aliphatic heterocycles. The van der Waals surface area contributed by atoms with Crippen molar-refractivity contribution in [2.45, 2.75) is 26.2 Å². The van der Waals surface area contributed by atoms with Gasteiger partial charge in [0.25, 0.3) is 11.6 Å². The molecule has 1 N–H and O–H groups in total. The van der Waals surface area contributed by atoms with Gasteiger partial charge >= 0.3 is 5.97 Å². The zero-order valence-corrected chi connectivity index (χ0v) is 14.2. The fourth-order valence-corrected chi connectivity index (χ4v) is 2.25. The van der Waals surface area contributed by atoms with Gasteiger partial charge in [-0.15, -0.1) is 0 Å². The number of nitrogens with zero attached hydrogens (tertiary/aromatic N) is 2. The molecule has 0 saturated carbocycles. The number of carbonyl (C=O) groups is 2. The summed E-state index contributed by atoms with van der Waals surface area (Å²) in [5.74, 6) is -1.75. The van der Waals surface area contributed by atoms with E-state index in [1.165, 1.54) is 19.2 Å². The third-order valence-electron chi connectivity index (χ3n) is 3.43. The number of aliphatic carboxylic acids is 1. The van der Waals surface area contributed by atoms with Crippen molar-refractivity contribution in [1.82, 2.24) is 4.90 Å². The van der Waals surface area contributed by atoms with Crippen molar-refractivity contribution in [3.8, 4) is 0 Å². The summed E-state index contributed by atoms with van der Waals surface area (Å²) in [6.45, 7) is 5.26. The van der Waals surface area contributed by atoms with E-state index in [2.05, 4.69) is 0 Å². The van der Waals surface area contributed by atoms with E-state index in [0.29, 0.717) is 5.56 Å². The Hall–Kier alpha value is -2.48. The Labute approximate surface area is 140 Å². The molecular formula is C16H22N2O6. The lowest BCUT2D eigenvalue weighted by atomic mass is 9.85. The van der Waals surface area contributed by atoms with Gasteiger partial charge in [-0.25, -0.2) is 0 Å². The summed E-state index contributed by atoms with van der Waals surface area (Å²) >= 11 is 0. The Morgan fingerprint density at radius 2 is 1.96 bits per heavy atom. The third kappa shape index (κ3) is 5.02. The van der Waals surface area contributed by atoms with Gasteiger partial charge in [-0.2, -0.15) is 0 Å². The molecule has 24 heavy (non-hydrogen) atoms. The number of carboxylic acids is 1. The lowest BCUT2D eigenvalue weighted by Gasteiger charge is -2.22. The van der Waals surface area contributed by atoms with Gasteiger partial charge in [-0.3, -0.25) is 19.7 Å². The normalized spacial score (nSPS) is 11.2. The lowest BCUT2D eigenvalue weighted by molar-refractivity contribution is -0.386. The number of carbonyl (C=O) groups excluding carboxylic acids is 1. The summed E-state index contributed by atoms with van der Waals surface area (Å²) in [7, 11) is 1.44. The number of methoxy groups -OCH3 is 1. The van der Waals surface area contributed by atoms with E-state index in [-0.39, 0.29) is 24.4 Å². The van der Waals surface area contributed by atoms with Gasteiger partial charge < -0.3 is 14.7 Å². The zero-order chi connectivity index (χ0) is 18.5. The fourth-order valence-electron chi connectivity index (χ4n) is 2.25. The second kappa shape index (κ2) is 7.87. The SMILES string of the molecule is COCCN(CC(=O)O)C(=O)c1ccc(C(C)(C)C)c([N+](=O)[O-])c1. The Kier molecular flexibility index (Phi) is 6.42. The first-order valence-electron chi connectivity index (χ1n) is 7.37. The number of nitro benzene ring substituents is 1. The summed E-state index contributed by atoms with van der Waals surface area (Å²) in [6, 6.07) is 4.22. The van der Waals surface area contributed by atoms with Gasteiger partial charge in [0.2, 0.25) is 0 Å². The molecule has 0 bridgehead atoms. The van der Waals surface area contributed by atoms with Gasteiger partial charge in [0, 0.05) is 30.8 Å². The van der Waals surface area contributed by atoms with Crippen LogP contribution in [0, 0.1) is 10.1 Å². The van der Waals surface area contributed by atoms with Crippen LogP contribution in [0.5, 0.6) is 0 Å². The van der Waals surface area contributed by atoms with Crippen LogP contribution in [0.2, 0.25) is 0 Å². The van der Waals surface area contributed by atoms with Crippen molar-refractivity contribution in [2.24, 2.45) is 0 Å². The molecule has 8 nitrogen and oxygen atoms in total. The molecule has 1 amide bonds. The van der Waals surface area contributed by atoms with Crippen LogP contribution < -0.4 is 0 Å². The number of benzene rings is 1. The smallest absolute Gasteiger partial charge is 0.323 e. The maximum atomic E-state index is 12.5. The van der Waals surface area contributed by atoms with E-state index in [4.69, 9.17) is 9.84 Å². The highest BCUT2D eigenvalue weighted by Gasteiger charge is 2.27. The lowest BCUT2D eigenvalue weighted by Crippen LogP contribution is -2.38. The van der Waals surface area contributed by atoms with Gasteiger partial charge in [0.05, 0.1) is 11.5 Å². The quantitative estimate of drug-likeness (QED) is 0.602. The molecule has 1 aromatic rings. The first-order chi connectivity index (χ1) is 11.1. The van der Waals surface area contributed by atoms with Crippen molar-refractivity contribution < 1.29 is 24.4 Å². The van der Waals surface area contributed by atoms with Crippen molar-refractivity contribution >= 4 is 17.6 Å². The maximum Gasteiger partial charge on any atom is 0.323 e. The summed E-state index contributed by atoms with van der Waals surface area (Å²) in [5, 5.41) is 20.3. The molecule has 0 radical (unpaired) electrons. The average Bonchev–Trinajstić information content (AvgIpc) is 2.48. The van der Waals surface area contributed by atoms with Crippen LogP contribution in [0.15, 0.2) is 18.2 Å². The van der Waals surface area contributed by atoms with Gasteiger partial charge in [0.1, 0.15) is 6.54 Å². The van der Waals surface area contributed by atoms with E-state index in [0.717, 1.165) is 4.90 Å². The highest BCUT2D eigenvalue weighted by Crippen LogP contribution is 2.32. The van der Waals surface area contributed by atoms with Crippen LogP contribution in [-0.2, 0) is 14.9 Å². The topological polar surface area (TPSA) is 110 Å². The Balaban J connectivity index is 3.23. The molecule has 0 saturated heterocycles.